The van der Waals surface area contributed by atoms with Gasteiger partial charge in [0.25, 0.3) is 0 Å². The predicted octanol–water partition coefficient (Wildman–Crippen LogP) is 2.98. The highest BCUT2D eigenvalue weighted by Crippen LogP contribution is 2.21. The summed E-state index contributed by atoms with van der Waals surface area (Å²) in [6.45, 7) is 3.81. The Morgan fingerprint density at radius 3 is 2.48 bits per heavy atom. The van der Waals surface area contributed by atoms with Crippen molar-refractivity contribution >= 4 is 11.9 Å². The maximum atomic E-state index is 12.0. The Hall–Kier alpha value is -2.10. The number of ether oxygens (including phenoxy) is 1. The van der Waals surface area contributed by atoms with Gasteiger partial charge in [0.15, 0.2) is 0 Å². The molecule has 1 aromatic carbocycles. The van der Waals surface area contributed by atoms with E-state index in [9.17, 15) is 9.59 Å². The molecule has 0 radical (unpaired) electrons. The zero-order valence-corrected chi connectivity index (χ0v) is 12.1. The molecule has 112 valence electrons. The average molecular weight is 287 g/mol. The fourth-order valence-corrected chi connectivity index (χ4v) is 2.42. The third-order valence-corrected chi connectivity index (χ3v) is 3.67. The van der Waals surface area contributed by atoms with Crippen molar-refractivity contribution in [1.29, 1.82) is 0 Å². The Morgan fingerprint density at radius 1 is 1.19 bits per heavy atom. The molecule has 1 aliphatic carbocycles. The van der Waals surface area contributed by atoms with Crippen LogP contribution < -0.4 is 5.32 Å². The number of amides is 1. The summed E-state index contributed by atoms with van der Waals surface area (Å²) < 4.78 is 5.51. The summed E-state index contributed by atoms with van der Waals surface area (Å²) in [5.74, 6) is -0.473. The van der Waals surface area contributed by atoms with Crippen LogP contribution in [0.1, 0.15) is 48.0 Å². The van der Waals surface area contributed by atoms with E-state index in [1.165, 1.54) is 12.5 Å². The van der Waals surface area contributed by atoms with Crippen LogP contribution in [0.2, 0.25) is 0 Å². The molecule has 1 saturated carbocycles. The van der Waals surface area contributed by atoms with E-state index in [1.54, 1.807) is 12.1 Å². The highest BCUT2D eigenvalue weighted by atomic mass is 16.5. The minimum Gasteiger partial charge on any atom is -0.459 e. The second kappa shape index (κ2) is 7.62. The number of esters is 1. The van der Waals surface area contributed by atoms with Gasteiger partial charge in [-0.3, -0.25) is 4.79 Å². The first-order valence-corrected chi connectivity index (χ1v) is 7.39. The van der Waals surface area contributed by atoms with Gasteiger partial charge in [-0.2, -0.15) is 0 Å². The van der Waals surface area contributed by atoms with Crippen molar-refractivity contribution in [3.8, 4) is 0 Å². The largest absolute Gasteiger partial charge is 0.459 e. The second-order valence-electron chi connectivity index (χ2n) is 5.28. The number of carbonyl (C=O) groups excluding carboxylic acids is 2. The molecule has 1 amide bonds. The summed E-state index contributed by atoms with van der Waals surface area (Å²) >= 11 is 0. The first-order valence-electron chi connectivity index (χ1n) is 7.39. The van der Waals surface area contributed by atoms with Gasteiger partial charge in [-0.25, -0.2) is 4.79 Å². The lowest BCUT2D eigenvalue weighted by Gasteiger charge is -2.21. The van der Waals surface area contributed by atoms with Crippen molar-refractivity contribution in [3.63, 3.8) is 0 Å². The van der Waals surface area contributed by atoms with Gasteiger partial charge in [0, 0.05) is 6.54 Å². The molecule has 0 bridgehead atoms. The lowest BCUT2D eigenvalue weighted by Crippen LogP contribution is -2.21. The van der Waals surface area contributed by atoms with Crippen LogP contribution in [0.15, 0.2) is 36.9 Å². The van der Waals surface area contributed by atoms with Crippen molar-refractivity contribution in [3.05, 3.63) is 48.0 Å². The lowest BCUT2D eigenvalue weighted by atomic mass is 9.98. The summed E-state index contributed by atoms with van der Waals surface area (Å²) in [5.41, 5.74) is 1.48. The van der Waals surface area contributed by atoms with E-state index in [-0.39, 0.29) is 18.0 Å². The Labute approximate surface area is 125 Å². The Kier molecular flexibility index (Phi) is 5.55. The summed E-state index contributed by atoms with van der Waals surface area (Å²) in [6, 6.07) is 7.11. The van der Waals surface area contributed by atoms with Gasteiger partial charge in [-0.05, 0) is 49.5 Å². The third kappa shape index (κ3) is 4.74. The van der Waals surface area contributed by atoms with Crippen LogP contribution in [0.25, 0.3) is 0 Å². The maximum absolute atomic E-state index is 12.0. The molecule has 4 heteroatoms. The van der Waals surface area contributed by atoms with Crippen molar-refractivity contribution in [2.75, 3.05) is 0 Å². The molecule has 2 rings (SSSR count). The van der Waals surface area contributed by atoms with Gasteiger partial charge >= 0.3 is 5.97 Å². The average Bonchev–Trinajstić information content (AvgIpc) is 2.54. The highest BCUT2D eigenvalue weighted by molar-refractivity contribution is 5.89. The summed E-state index contributed by atoms with van der Waals surface area (Å²) in [6.07, 6.45) is 6.75. The Morgan fingerprint density at radius 2 is 1.86 bits per heavy atom. The van der Waals surface area contributed by atoms with E-state index < -0.39 is 0 Å². The smallest absolute Gasteiger partial charge is 0.338 e. The molecule has 1 aliphatic rings. The fraction of sp³-hybridized carbons (Fsp3) is 0.412. The molecule has 0 saturated heterocycles. The van der Waals surface area contributed by atoms with Crippen molar-refractivity contribution < 1.29 is 14.3 Å². The lowest BCUT2D eigenvalue weighted by molar-refractivity contribution is -0.116. The SMILES string of the molecule is C=CC(=O)NCc1ccc(C(=O)OC2CCCCC2)cc1. The third-order valence-electron chi connectivity index (χ3n) is 3.67. The summed E-state index contributed by atoms with van der Waals surface area (Å²) in [4.78, 5) is 23.1. The minimum atomic E-state index is -0.261. The molecule has 0 unspecified atom stereocenters. The van der Waals surface area contributed by atoms with E-state index in [0.29, 0.717) is 12.1 Å². The van der Waals surface area contributed by atoms with Crippen LogP contribution in [-0.2, 0) is 16.1 Å². The van der Waals surface area contributed by atoms with Gasteiger partial charge < -0.3 is 10.1 Å². The van der Waals surface area contributed by atoms with Crippen LogP contribution in [-0.4, -0.2) is 18.0 Å². The monoisotopic (exact) mass is 287 g/mol. The van der Waals surface area contributed by atoms with E-state index in [0.717, 1.165) is 31.2 Å². The summed E-state index contributed by atoms with van der Waals surface area (Å²) in [5, 5.41) is 2.69. The van der Waals surface area contributed by atoms with Gasteiger partial charge in [-0.1, -0.05) is 25.1 Å². The van der Waals surface area contributed by atoms with Crippen LogP contribution in [0, 0.1) is 0 Å². The van der Waals surface area contributed by atoms with Crippen LogP contribution in [0.5, 0.6) is 0 Å². The minimum absolute atomic E-state index is 0.0674. The molecule has 1 fully saturated rings. The first kappa shape index (κ1) is 15.3. The van der Waals surface area contributed by atoms with E-state index in [4.69, 9.17) is 4.74 Å². The van der Waals surface area contributed by atoms with Gasteiger partial charge in [0.1, 0.15) is 6.10 Å². The molecule has 0 aliphatic heterocycles. The van der Waals surface area contributed by atoms with E-state index in [1.807, 2.05) is 12.1 Å². The number of rotatable bonds is 5. The summed E-state index contributed by atoms with van der Waals surface area (Å²) in [7, 11) is 0. The second-order valence-corrected chi connectivity index (χ2v) is 5.28. The van der Waals surface area contributed by atoms with Crippen molar-refractivity contribution in [2.24, 2.45) is 0 Å². The number of hydrogen-bond acceptors (Lipinski definition) is 3. The number of benzene rings is 1. The van der Waals surface area contributed by atoms with Crippen LogP contribution in [0.3, 0.4) is 0 Å². The highest BCUT2D eigenvalue weighted by Gasteiger charge is 2.18. The zero-order valence-electron chi connectivity index (χ0n) is 12.1. The number of carbonyl (C=O) groups is 2. The Balaban J connectivity index is 1.87. The zero-order chi connectivity index (χ0) is 15.1. The maximum Gasteiger partial charge on any atom is 0.338 e. The standard InChI is InChI=1S/C17H21NO3/c1-2-16(19)18-12-13-8-10-14(11-9-13)17(20)21-15-6-4-3-5-7-15/h2,8-11,15H,1,3-7,12H2,(H,18,19). The van der Waals surface area contributed by atoms with Crippen LogP contribution >= 0.6 is 0 Å². The van der Waals surface area contributed by atoms with Crippen molar-refractivity contribution in [2.45, 2.75) is 44.8 Å². The molecule has 1 N–H and O–H groups in total. The molecule has 1 aromatic rings. The Bertz CT molecular complexity index is 501. The molecular formula is C17H21NO3. The van der Waals surface area contributed by atoms with E-state index in [2.05, 4.69) is 11.9 Å². The molecule has 0 heterocycles. The topological polar surface area (TPSA) is 55.4 Å². The molecular weight excluding hydrogens is 266 g/mol. The molecule has 4 nitrogen and oxygen atoms in total. The molecule has 0 aromatic heterocycles. The fourth-order valence-electron chi connectivity index (χ4n) is 2.42. The predicted molar refractivity (Wildman–Crippen MR) is 80.8 cm³/mol. The van der Waals surface area contributed by atoms with E-state index >= 15 is 0 Å². The van der Waals surface area contributed by atoms with Gasteiger partial charge in [0.05, 0.1) is 5.56 Å². The number of hydrogen-bond donors (Lipinski definition) is 1. The first-order chi connectivity index (χ1) is 10.2. The van der Waals surface area contributed by atoms with Gasteiger partial charge in [-0.15, -0.1) is 0 Å². The number of nitrogens with one attached hydrogen (secondary N) is 1. The quantitative estimate of drug-likeness (QED) is 0.669. The van der Waals surface area contributed by atoms with Crippen LogP contribution in [0.4, 0.5) is 0 Å². The van der Waals surface area contributed by atoms with Crippen molar-refractivity contribution in [1.82, 2.24) is 5.32 Å². The van der Waals surface area contributed by atoms with Gasteiger partial charge in [0.2, 0.25) is 5.91 Å². The molecule has 0 spiro atoms. The molecule has 21 heavy (non-hydrogen) atoms. The normalized spacial score (nSPS) is 15.2. The molecule has 0 atom stereocenters.